The molecule has 0 saturated heterocycles. The van der Waals surface area contributed by atoms with Gasteiger partial charge in [-0.3, -0.25) is 0 Å². The average Bonchev–Trinajstić information content (AvgIpc) is 3.03. The van der Waals surface area contributed by atoms with Gasteiger partial charge in [0.25, 0.3) is 0 Å². The highest BCUT2D eigenvalue weighted by Crippen LogP contribution is 2.33. The molecule has 0 aromatic heterocycles. The van der Waals surface area contributed by atoms with Crippen LogP contribution in [0.1, 0.15) is 27.0 Å². The van der Waals surface area contributed by atoms with Gasteiger partial charge in [-0.25, -0.2) is 4.79 Å². The highest BCUT2D eigenvalue weighted by Gasteiger charge is 2.26. The first kappa shape index (κ1) is 16.9. The summed E-state index contributed by atoms with van der Waals surface area (Å²) in [5, 5.41) is 0. The van der Waals surface area contributed by atoms with E-state index in [1.54, 1.807) is 13.2 Å². The van der Waals surface area contributed by atoms with Crippen LogP contribution in [0.3, 0.4) is 0 Å². The van der Waals surface area contributed by atoms with Gasteiger partial charge >= 0.3 is 5.97 Å². The van der Waals surface area contributed by atoms with Crippen molar-refractivity contribution in [2.45, 2.75) is 6.61 Å². The van der Waals surface area contributed by atoms with Crippen molar-refractivity contribution in [2.75, 3.05) is 7.11 Å². The molecule has 0 atom stereocenters. The second-order valence-electron chi connectivity index (χ2n) is 6.15. The van der Waals surface area contributed by atoms with Crippen LogP contribution >= 0.6 is 0 Å². The molecule has 0 amide bonds. The molecule has 27 heavy (non-hydrogen) atoms. The van der Waals surface area contributed by atoms with Crippen LogP contribution in [0.4, 0.5) is 0 Å². The van der Waals surface area contributed by atoms with Gasteiger partial charge in [-0.05, 0) is 47.5 Å². The van der Waals surface area contributed by atoms with Crippen molar-refractivity contribution in [2.24, 2.45) is 0 Å². The van der Waals surface area contributed by atoms with E-state index in [1.165, 1.54) is 0 Å². The van der Waals surface area contributed by atoms with Crippen molar-refractivity contribution in [3.05, 3.63) is 95.1 Å². The minimum absolute atomic E-state index is 0.363. The molecule has 0 fully saturated rings. The standard InChI is InChI=1S/C23H18O4/c1-25-19-11-12-20-21(14-19)23(24)27-22(20)13-16-7-9-18(10-8-16)26-15-17-5-3-2-4-6-17/h2-14H,15H2,1H3. The fourth-order valence-electron chi connectivity index (χ4n) is 2.90. The van der Waals surface area contributed by atoms with Crippen molar-refractivity contribution in [3.8, 4) is 11.5 Å². The average molecular weight is 358 g/mol. The van der Waals surface area contributed by atoms with Crippen LogP contribution in [0, 0.1) is 0 Å². The molecular weight excluding hydrogens is 340 g/mol. The number of benzene rings is 3. The van der Waals surface area contributed by atoms with Gasteiger partial charge in [-0.1, -0.05) is 42.5 Å². The van der Waals surface area contributed by atoms with Crippen LogP contribution in [-0.2, 0) is 11.3 Å². The number of ether oxygens (including phenoxy) is 3. The molecule has 3 aromatic carbocycles. The predicted molar refractivity (Wildman–Crippen MR) is 103 cm³/mol. The fraction of sp³-hybridized carbons (Fsp3) is 0.0870. The van der Waals surface area contributed by atoms with E-state index in [0.717, 1.165) is 22.4 Å². The van der Waals surface area contributed by atoms with Crippen LogP contribution in [0.25, 0.3) is 11.8 Å². The first-order chi connectivity index (χ1) is 13.2. The van der Waals surface area contributed by atoms with Crippen LogP contribution < -0.4 is 9.47 Å². The van der Waals surface area contributed by atoms with Gasteiger partial charge in [0, 0.05) is 5.56 Å². The highest BCUT2D eigenvalue weighted by molar-refractivity contribution is 6.06. The second-order valence-corrected chi connectivity index (χ2v) is 6.15. The number of rotatable bonds is 5. The molecule has 1 heterocycles. The monoisotopic (exact) mass is 358 g/mol. The Labute approximate surface area is 157 Å². The molecular formula is C23H18O4. The molecule has 3 aromatic rings. The van der Waals surface area contributed by atoms with Gasteiger partial charge in [0.2, 0.25) is 0 Å². The summed E-state index contributed by atoms with van der Waals surface area (Å²) in [4.78, 5) is 12.1. The van der Waals surface area contributed by atoms with Gasteiger partial charge < -0.3 is 14.2 Å². The molecule has 134 valence electrons. The molecule has 0 bridgehead atoms. The topological polar surface area (TPSA) is 44.8 Å². The normalized spacial score (nSPS) is 14.0. The Morgan fingerprint density at radius 3 is 2.37 bits per heavy atom. The summed E-state index contributed by atoms with van der Waals surface area (Å²) < 4.78 is 16.4. The Hall–Kier alpha value is -3.53. The van der Waals surface area contributed by atoms with Gasteiger partial charge in [0.1, 0.15) is 23.9 Å². The molecule has 0 radical (unpaired) electrons. The van der Waals surface area contributed by atoms with E-state index in [1.807, 2.05) is 72.8 Å². The third kappa shape index (κ3) is 3.70. The van der Waals surface area contributed by atoms with Gasteiger partial charge in [0.05, 0.1) is 12.7 Å². The zero-order chi connectivity index (χ0) is 18.6. The van der Waals surface area contributed by atoms with E-state index < -0.39 is 0 Å². The van der Waals surface area contributed by atoms with Crippen LogP contribution in [0.15, 0.2) is 72.8 Å². The molecule has 0 saturated carbocycles. The maximum absolute atomic E-state index is 12.1. The minimum Gasteiger partial charge on any atom is -0.497 e. The van der Waals surface area contributed by atoms with Crippen LogP contribution in [-0.4, -0.2) is 13.1 Å². The zero-order valence-corrected chi connectivity index (χ0v) is 14.8. The summed E-state index contributed by atoms with van der Waals surface area (Å²) in [7, 11) is 1.57. The van der Waals surface area contributed by atoms with Crippen molar-refractivity contribution in [3.63, 3.8) is 0 Å². The molecule has 1 aliphatic heterocycles. The third-order valence-electron chi connectivity index (χ3n) is 4.34. The Bertz CT molecular complexity index is 989. The van der Waals surface area contributed by atoms with Crippen molar-refractivity contribution in [1.82, 2.24) is 0 Å². The summed E-state index contributed by atoms with van der Waals surface area (Å²) in [6, 6.07) is 23.0. The van der Waals surface area contributed by atoms with Gasteiger partial charge in [-0.15, -0.1) is 0 Å². The molecule has 0 spiro atoms. The number of methoxy groups -OCH3 is 1. The van der Waals surface area contributed by atoms with E-state index in [4.69, 9.17) is 14.2 Å². The molecule has 0 aliphatic carbocycles. The minimum atomic E-state index is -0.363. The van der Waals surface area contributed by atoms with Crippen molar-refractivity contribution < 1.29 is 19.0 Å². The first-order valence-corrected chi connectivity index (χ1v) is 8.62. The number of hydrogen-bond donors (Lipinski definition) is 0. The Morgan fingerprint density at radius 1 is 0.889 bits per heavy atom. The third-order valence-corrected chi connectivity index (χ3v) is 4.34. The number of carbonyl (C=O) groups excluding carboxylic acids is 1. The van der Waals surface area contributed by atoms with Crippen molar-refractivity contribution in [1.29, 1.82) is 0 Å². The largest absolute Gasteiger partial charge is 0.497 e. The number of cyclic esters (lactones) is 1. The zero-order valence-electron chi connectivity index (χ0n) is 14.8. The first-order valence-electron chi connectivity index (χ1n) is 8.62. The lowest BCUT2D eigenvalue weighted by atomic mass is 10.1. The summed E-state index contributed by atoms with van der Waals surface area (Å²) >= 11 is 0. The quantitative estimate of drug-likeness (QED) is 0.606. The molecule has 1 aliphatic rings. The number of carbonyl (C=O) groups is 1. The van der Waals surface area contributed by atoms with E-state index in [-0.39, 0.29) is 5.97 Å². The van der Waals surface area contributed by atoms with E-state index >= 15 is 0 Å². The molecule has 4 heteroatoms. The predicted octanol–water partition coefficient (Wildman–Crippen LogP) is 4.94. The van der Waals surface area contributed by atoms with Crippen LogP contribution in [0.5, 0.6) is 11.5 Å². The summed E-state index contributed by atoms with van der Waals surface area (Å²) in [6.07, 6.45) is 1.84. The van der Waals surface area contributed by atoms with Crippen LogP contribution in [0.2, 0.25) is 0 Å². The number of esters is 1. The second kappa shape index (κ2) is 7.38. The van der Waals surface area contributed by atoms with E-state index in [0.29, 0.717) is 23.7 Å². The SMILES string of the molecule is COc1ccc2c(c1)C(=O)OC2=Cc1ccc(OCc2ccccc2)cc1. The lowest BCUT2D eigenvalue weighted by Crippen LogP contribution is -1.94. The van der Waals surface area contributed by atoms with E-state index in [2.05, 4.69) is 0 Å². The lowest BCUT2D eigenvalue weighted by Gasteiger charge is -2.06. The molecule has 0 unspecified atom stereocenters. The molecule has 4 rings (SSSR count). The fourth-order valence-corrected chi connectivity index (χ4v) is 2.90. The highest BCUT2D eigenvalue weighted by atomic mass is 16.5. The number of fused-ring (bicyclic) bond motifs is 1. The Balaban J connectivity index is 1.50. The lowest BCUT2D eigenvalue weighted by molar-refractivity contribution is 0.0717. The van der Waals surface area contributed by atoms with E-state index in [9.17, 15) is 4.79 Å². The van der Waals surface area contributed by atoms with Gasteiger partial charge in [0.15, 0.2) is 0 Å². The Morgan fingerprint density at radius 2 is 1.63 bits per heavy atom. The Kier molecular flexibility index (Phi) is 4.62. The summed E-state index contributed by atoms with van der Waals surface area (Å²) in [5.74, 6) is 1.59. The van der Waals surface area contributed by atoms with Gasteiger partial charge in [-0.2, -0.15) is 0 Å². The number of hydrogen-bond acceptors (Lipinski definition) is 4. The smallest absolute Gasteiger partial charge is 0.344 e. The summed E-state index contributed by atoms with van der Waals surface area (Å²) in [6.45, 7) is 0.522. The molecule has 4 nitrogen and oxygen atoms in total. The maximum Gasteiger partial charge on any atom is 0.344 e. The molecule has 0 N–H and O–H groups in total. The van der Waals surface area contributed by atoms with Crippen molar-refractivity contribution >= 4 is 17.8 Å². The maximum atomic E-state index is 12.1. The summed E-state index contributed by atoms with van der Waals surface area (Å²) in [5.41, 5.74) is 3.33.